The minimum Gasteiger partial charge on any atom is -0.480 e. The molecule has 1 atom stereocenters. The molecule has 0 saturated heterocycles. The van der Waals surface area contributed by atoms with E-state index in [4.69, 9.17) is 0 Å². The van der Waals surface area contributed by atoms with Crippen LogP contribution in [0.2, 0.25) is 0 Å². The van der Waals surface area contributed by atoms with Crippen LogP contribution >= 0.6 is 11.8 Å². The summed E-state index contributed by atoms with van der Waals surface area (Å²) >= 11 is 1.54. The largest absolute Gasteiger partial charge is 0.480 e. The molecule has 0 aliphatic heterocycles. The number of aryl methyl sites for hydroxylation is 1. The number of fused-ring (bicyclic) bond motifs is 3. The Morgan fingerprint density at radius 2 is 2.08 bits per heavy atom. The Labute approximate surface area is 149 Å². The van der Waals surface area contributed by atoms with Crippen molar-refractivity contribution < 1.29 is 14.7 Å². The normalized spacial score (nSPS) is 12.4. The standard InChI is InChI=1S/C18H19N3O3S/c1-10-16-12(11-5-3-4-6-13(11)20-16)9-15(19-10)17(22)21-14(18(23)24)7-8-25-2/h3-6,9,14,20H,7-8H2,1-2H3,(H,21,22)(H,23,24). The van der Waals surface area contributed by atoms with E-state index in [0.29, 0.717) is 17.9 Å². The van der Waals surface area contributed by atoms with Gasteiger partial charge in [0.1, 0.15) is 11.7 Å². The fraction of sp³-hybridized carbons (Fsp3) is 0.278. The molecule has 2 heterocycles. The van der Waals surface area contributed by atoms with Crippen molar-refractivity contribution in [3.63, 3.8) is 0 Å². The lowest BCUT2D eigenvalue weighted by molar-refractivity contribution is -0.139. The molecule has 7 heteroatoms. The first kappa shape index (κ1) is 17.3. The molecule has 3 N–H and O–H groups in total. The number of hydrogen-bond acceptors (Lipinski definition) is 4. The van der Waals surface area contributed by atoms with E-state index in [1.165, 1.54) is 0 Å². The van der Waals surface area contributed by atoms with Crippen molar-refractivity contribution in [3.05, 3.63) is 41.7 Å². The quantitative estimate of drug-likeness (QED) is 0.630. The number of aromatic amines is 1. The summed E-state index contributed by atoms with van der Waals surface area (Å²) in [5, 5.41) is 13.8. The van der Waals surface area contributed by atoms with Crippen LogP contribution in [0, 0.1) is 6.92 Å². The molecular formula is C18H19N3O3S. The second-order valence-electron chi connectivity index (χ2n) is 5.83. The fourth-order valence-electron chi connectivity index (χ4n) is 2.85. The molecule has 3 aromatic rings. The van der Waals surface area contributed by atoms with E-state index in [0.717, 1.165) is 21.8 Å². The Hall–Kier alpha value is -2.54. The Morgan fingerprint density at radius 3 is 2.80 bits per heavy atom. The van der Waals surface area contributed by atoms with Gasteiger partial charge in [-0.05, 0) is 37.5 Å². The van der Waals surface area contributed by atoms with Crippen molar-refractivity contribution in [3.8, 4) is 0 Å². The second-order valence-corrected chi connectivity index (χ2v) is 6.82. The third-order valence-corrected chi connectivity index (χ3v) is 4.77. The van der Waals surface area contributed by atoms with Gasteiger partial charge in [-0.2, -0.15) is 11.8 Å². The number of amides is 1. The zero-order chi connectivity index (χ0) is 18.0. The van der Waals surface area contributed by atoms with Crippen LogP contribution in [0.5, 0.6) is 0 Å². The van der Waals surface area contributed by atoms with Crippen molar-refractivity contribution in [1.29, 1.82) is 0 Å². The number of para-hydroxylation sites is 1. The van der Waals surface area contributed by atoms with Crippen LogP contribution in [-0.4, -0.2) is 45.0 Å². The SMILES string of the molecule is CSCCC(NC(=O)c1cc2c([nH]c3ccccc32)c(C)n1)C(=O)O. The molecule has 0 aliphatic rings. The maximum absolute atomic E-state index is 12.5. The second kappa shape index (κ2) is 7.14. The number of nitrogens with one attached hydrogen (secondary N) is 2. The van der Waals surface area contributed by atoms with E-state index >= 15 is 0 Å². The predicted molar refractivity (Wildman–Crippen MR) is 100 cm³/mol. The number of hydrogen-bond donors (Lipinski definition) is 3. The van der Waals surface area contributed by atoms with Gasteiger partial charge < -0.3 is 15.4 Å². The lowest BCUT2D eigenvalue weighted by Gasteiger charge is -2.14. The molecule has 130 valence electrons. The van der Waals surface area contributed by atoms with Gasteiger partial charge in [0.05, 0.1) is 11.2 Å². The molecule has 0 fully saturated rings. The van der Waals surface area contributed by atoms with Crippen LogP contribution in [0.25, 0.3) is 21.8 Å². The van der Waals surface area contributed by atoms with Crippen molar-refractivity contribution in [2.24, 2.45) is 0 Å². The van der Waals surface area contributed by atoms with Crippen molar-refractivity contribution in [2.45, 2.75) is 19.4 Å². The summed E-state index contributed by atoms with van der Waals surface area (Å²) in [4.78, 5) is 31.5. The van der Waals surface area contributed by atoms with E-state index < -0.39 is 17.9 Å². The number of carboxylic acid groups (broad SMARTS) is 1. The molecule has 0 bridgehead atoms. The average Bonchev–Trinajstić information content (AvgIpc) is 2.97. The molecule has 25 heavy (non-hydrogen) atoms. The molecule has 0 radical (unpaired) electrons. The van der Waals surface area contributed by atoms with Gasteiger partial charge in [-0.25, -0.2) is 9.78 Å². The van der Waals surface area contributed by atoms with E-state index in [1.54, 1.807) is 17.8 Å². The molecule has 0 spiro atoms. The van der Waals surface area contributed by atoms with Crippen LogP contribution in [0.1, 0.15) is 22.6 Å². The third-order valence-electron chi connectivity index (χ3n) is 4.12. The number of aliphatic carboxylic acids is 1. The van der Waals surface area contributed by atoms with Gasteiger partial charge in [0.15, 0.2) is 0 Å². The lowest BCUT2D eigenvalue weighted by atomic mass is 10.1. The molecule has 2 aromatic heterocycles. The molecule has 3 rings (SSSR count). The summed E-state index contributed by atoms with van der Waals surface area (Å²) in [6.45, 7) is 1.83. The Morgan fingerprint density at radius 1 is 1.32 bits per heavy atom. The topological polar surface area (TPSA) is 95.1 Å². The zero-order valence-corrected chi connectivity index (χ0v) is 14.8. The van der Waals surface area contributed by atoms with Crippen molar-refractivity contribution in [1.82, 2.24) is 15.3 Å². The Kier molecular flexibility index (Phi) is 4.94. The fourth-order valence-corrected chi connectivity index (χ4v) is 3.32. The summed E-state index contributed by atoms with van der Waals surface area (Å²) in [5.74, 6) is -0.846. The van der Waals surface area contributed by atoms with Crippen LogP contribution < -0.4 is 5.32 Å². The maximum atomic E-state index is 12.5. The Bertz CT molecular complexity index is 951. The van der Waals surface area contributed by atoms with Crippen LogP contribution in [-0.2, 0) is 4.79 Å². The summed E-state index contributed by atoms with van der Waals surface area (Å²) in [6, 6.07) is 8.63. The molecule has 1 amide bonds. The third kappa shape index (κ3) is 3.46. The smallest absolute Gasteiger partial charge is 0.326 e. The van der Waals surface area contributed by atoms with E-state index in [1.807, 2.05) is 37.4 Å². The highest BCUT2D eigenvalue weighted by atomic mass is 32.2. The van der Waals surface area contributed by atoms with E-state index in [2.05, 4.69) is 15.3 Å². The molecular weight excluding hydrogens is 338 g/mol. The number of rotatable bonds is 6. The number of thioether (sulfide) groups is 1. The number of benzene rings is 1. The first-order valence-electron chi connectivity index (χ1n) is 7.92. The minimum atomic E-state index is -1.03. The molecule has 6 nitrogen and oxygen atoms in total. The van der Waals surface area contributed by atoms with E-state index in [9.17, 15) is 14.7 Å². The lowest BCUT2D eigenvalue weighted by Crippen LogP contribution is -2.41. The predicted octanol–water partition coefficient (Wildman–Crippen LogP) is 2.96. The van der Waals surface area contributed by atoms with Gasteiger partial charge >= 0.3 is 5.97 Å². The van der Waals surface area contributed by atoms with Gasteiger partial charge in [-0.15, -0.1) is 0 Å². The van der Waals surface area contributed by atoms with Gasteiger partial charge in [0, 0.05) is 16.3 Å². The minimum absolute atomic E-state index is 0.227. The van der Waals surface area contributed by atoms with Gasteiger partial charge in [0.25, 0.3) is 5.91 Å². The molecule has 1 aromatic carbocycles. The highest BCUT2D eigenvalue weighted by Gasteiger charge is 2.22. The van der Waals surface area contributed by atoms with Crippen molar-refractivity contribution >= 4 is 45.4 Å². The van der Waals surface area contributed by atoms with Gasteiger partial charge in [0.2, 0.25) is 0 Å². The monoisotopic (exact) mass is 357 g/mol. The molecule has 0 aliphatic carbocycles. The summed E-state index contributed by atoms with van der Waals surface area (Å²) in [7, 11) is 0. The highest BCUT2D eigenvalue weighted by molar-refractivity contribution is 7.98. The number of pyridine rings is 1. The first-order valence-corrected chi connectivity index (χ1v) is 9.31. The molecule has 1 unspecified atom stereocenters. The average molecular weight is 357 g/mol. The number of carboxylic acids is 1. The molecule has 0 saturated carbocycles. The van der Waals surface area contributed by atoms with Crippen LogP contribution in [0.4, 0.5) is 0 Å². The summed E-state index contributed by atoms with van der Waals surface area (Å²) in [5.41, 5.74) is 2.79. The number of carbonyl (C=O) groups excluding carboxylic acids is 1. The number of carbonyl (C=O) groups is 2. The van der Waals surface area contributed by atoms with Gasteiger partial charge in [-0.3, -0.25) is 4.79 Å². The zero-order valence-electron chi connectivity index (χ0n) is 14.0. The van der Waals surface area contributed by atoms with E-state index in [-0.39, 0.29) is 5.69 Å². The van der Waals surface area contributed by atoms with Crippen LogP contribution in [0.15, 0.2) is 30.3 Å². The number of H-pyrrole nitrogens is 1. The first-order chi connectivity index (χ1) is 12.0. The Balaban J connectivity index is 1.96. The highest BCUT2D eigenvalue weighted by Crippen LogP contribution is 2.27. The van der Waals surface area contributed by atoms with Crippen molar-refractivity contribution in [2.75, 3.05) is 12.0 Å². The summed E-state index contributed by atoms with van der Waals surface area (Å²) in [6.07, 6.45) is 2.27. The summed E-state index contributed by atoms with van der Waals surface area (Å²) < 4.78 is 0. The number of aromatic nitrogens is 2. The van der Waals surface area contributed by atoms with Crippen LogP contribution in [0.3, 0.4) is 0 Å². The maximum Gasteiger partial charge on any atom is 0.326 e. The van der Waals surface area contributed by atoms with Gasteiger partial charge in [-0.1, -0.05) is 18.2 Å². The number of nitrogens with zero attached hydrogens (tertiary/aromatic N) is 1.